The maximum absolute atomic E-state index is 13.4. The third-order valence-corrected chi connectivity index (χ3v) is 7.17. The molecule has 0 radical (unpaired) electrons. The predicted molar refractivity (Wildman–Crippen MR) is 114 cm³/mol. The van der Waals surface area contributed by atoms with Crippen LogP contribution in [0.5, 0.6) is 0 Å². The summed E-state index contributed by atoms with van der Waals surface area (Å²) in [7, 11) is 4.14. The van der Waals surface area contributed by atoms with E-state index in [0.29, 0.717) is 36.4 Å². The molecule has 7 nitrogen and oxygen atoms in total. The monoisotopic (exact) mass is 409 g/mol. The van der Waals surface area contributed by atoms with Crippen LogP contribution in [0, 0.1) is 18.8 Å². The molecule has 30 heavy (non-hydrogen) atoms. The van der Waals surface area contributed by atoms with Crippen molar-refractivity contribution >= 4 is 17.5 Å². The van der Waals surface area contributed by atoms with Gasteiger partial charge in [-0.1, -0.05) is 0 Å². The molecule has 3 aliphatic rings. The number of aryl methyl sites for hydroxylation is 1. The summed E-state index contributed by atoms with van der Waals surface area (Å²) in [4.78, 5) is 37.2. The summed E-state index contributed by atoms with van der Waals surface area (Å²) in [6, 6.07) is 4.48. The minimum absolute atomic E-state index is 0.0187. The summed E-state index contributed by atoms with van der Waals surface area (Å²) in [6.45, 7) is 4.32. The van der Waals surface area contributed by atoms with Crippen LogP contribution in [-0.2, 0) is 4.79 Å². The van der Waals surface area contributed by atoms with Crippen LogP contribution in [0.2, 0.25) is 0 Å². The molecule has 7 heteroatoms. The Morgan fingerprint density at radius 1 is 1.27 bits per heavy atom. The smallest absolute Gasteiger partial charge is 0.274 e. The molecule has 0 spiro atoms. The molecule has 3 aliphatic heterocycles. The van der Waals surface area contributed by atoms with E-state index in [4.69, 9.17) is 0 Å². The number of carbonyl (C=O) groups excluding carboxylic acids is 2. The highest BCUT2D eigenvalue weighted by Gasteiger charge is 2.50. The van der Waals surface area contributed by atoms with Gasteiger partial charge in [-0.25, -0.2) is 4.98 Å². The highest BCUT2D eigenvalue weighted by atomic mass is 16.2. The van der Waals surface area contributed by atoms with E-state index in [1.54, 1.807) is 0 Å². The largest absolute Gasteiger partial charge is 0.337 e. The van der Waals surface area contributed by atoms with Crippen molar-refractivity contribution in [2.75, 3.05) is 33.7 Å². The van der Waals surface area contributed by atoms with E-state index in [1.807, 2.05) is 40.8 Å². The maximum atomic E-state index is 13.4. The van der Waals surface area contributed by atoms with E-state index in [9.17, 15) is 9.59 Å². The van der Waals surface area contributed by atoms with Gasteiger partial charge < -0.3 is 19.1 Å². The molecular formula is C23H31N5O2. The van der Waals surface area contributed by atoms with Crippen LogP contribution in [-0.4, -0.2) is 81.7 Å². The average Bonchev–Trinajstić information content (AvgIpc) is 3.13. The summed E-state index contributed by atoms with van der Waals surface area (Å²) in [6.07, 6.45) is 7.61. The molecule has 2 aromatic rings. The molecule has 0 N–H and O–H groups in total. The van der Waals surface area contributed by atoms with E-state index in [-0.39, 0.29) is 18.0 Å². The number of carbonyl (C=O) groups is 2. The fourth-order valence-corrected chi connectivity index (χ4v) is 5.90. The number of piperidine rings is 3. The van der Waals surface area contributed by atoms with Gasteiger partial charge in [-0.3, -0.25) is 9.59 Å². The molecule has 0 aliphatic carbocycles. The Balaban J connectivity index is 1.43. The van der Waals surface area contributed by atoms with Crippen molar-refractivity contribution in [2.45, 2.75) is 44.7 Å². The Hall–Kier alpha value is -2.41. The van der Waals surface area contributed by atoms with Gasteiger partial charge in [0, 0.05) is 50.5 Å². The Kier molecular flexibility index (Phi) is 4.81. The molecule has 2 amide bonds. The molecule has 5 heterocycles. The maximum Gasteiger partial charge on any atom is 0.274 e. The van der Waals surface area contributed by atoms with Gasteiger partial charge in [-0.2, -0.15) is 0 Å². The molecule has 0 aromatic carbocycles. The number of imidazole rings is 1. The highest BCUT2D eigenvalue weighted by molar-refractivity contribution is 5.93. The van der Waals surface area contributed by atoms with Gasteiger partial charge in [-0.15, -0.1) is 0 Å². The summed E-state index contributed by atoms with van der Waals surface area (Å²) in [5.41, 5.74) is 2.46. The van der Waals surface area contributed by atoms with Crippen LogP contribution in [0.15, 0.2) is 24.5 Å². The Labute approximate surface area is 177 Å². The summed E-state index contributed by atoms with van der Waals surface area (Å²) in [5, 5.41) is 0. The number of hydrogen-bond acceptors (Lipinski definition) is 4. The van der Waals surface area contributed by atoms with Crippen molar-refractivity contribution in [2.24, 2.45) is 11.8 Å². The predicted octanol–water partition coefficient (Wildman–Crippen LogP) is 2.05. The van der Waals surface area contributed by atoms with Gasteiger partial charge >= 0.3 is 0 Å². The molecule has 0 saturated carbocycles. The molecule has 3 fully saturated rings. The number of hydrogen-bond donors (Lipinski definition) is 0. The van der Waals surface area contributed by atoms with Gasteiger partial charge in [-0.05, 0) is 69.8 Å². The summed E-state index contributed by atoms with van der Waals surface area (Å²) < 4.78 is 1.92. The fourth-order valence-electron chi connectivity index (χ4n) is 5.90. The number of nitrogens with zero attached hydrogens (tertiary/aromatic N) is 5. The van der Waals surface area contributed by atoms with E-state index in [1.165, 1.54) is 0 Å². The molecule has 0 unspecified atom stereocenters. The number of rotatable bonds is 3. The molecule has 5 rings (SSSR count). The second-order valence-corrected chi connectivity index (χ2v) is 9.65. The second-order valence-electron chi connectivity index (χ2n) is 9.65. The topological polar surface area (TPSA) is 61.2 Å². The number of fused-ring (bicyclic) bond motifs is 5. The van der Waals surface area contributed by atoms with Gasteiger partial charge in [0.05, 0.1) is 0 Å². The second kappa shape index (κ2) is 7.38. The van der Waals surface area contributed by atoms with Crippen molar-refractivity contribution in [3.8, 4) is 0 Å². The SMILES string of the molecule is Cc1ccn2cc(C(=O)N3C[C@H]4C[C@@H](C3)[C@H](CN(C)C)N3C(=O)CCC[C@@H]43)nc2c1. The van der Waals surface area contributed by atoms with E-state index < -0.39 is 0 Å². The molecule has 2 aromatic heterocycles. The molecule has 160 valence electrons. The van der Waals surface area contributed by atoms with Crippen LogP contribution in [0.25, 0.3) is 5.65 Å². The number of likely N-dealkylation sites (tertiary alicyclic amines) is 1. The summed E-state index contributed by atoms with van der Waals surface area (Å²) >= 11 is 0. The van der Waals surface area contributed by atoms with Gasteiger partial charge in [0.1, 0.15) is 11.3 Å². The first-order chi connectivity index (χ1) is 14.4. The lowest BCUT2D eigenvalue weighted by molar-refractivity contribution is -0.152. The van der Waals surface area contributed by atoms with Crippen molar-refractivity contribution in [1.29, 1.82) is 0 Å². The van der Waals surface area contributed by atoms with E-state index in [0.717, 1.165) is 43.6 Å². The highest BCUT2D eigenvalue weighted by Crippen LogP contribution is 2.42. The summed E-state index contributed by atoms with van der Waals surface area (Å²) in [5.74, 6) is 1.02. The van der Waals surface area contributed by atoms with Crippen molar-refractivity contribution < 1.29 is 9.59 Å². The van der Waals surface area contributed by atoms with Crippen molar-refractivity contribution in [1.82, 2.24) is 24.1 Å². The molecular weight excluding hydrogens is 378 g/mol. The standard InChI is InChI=1S/C23H31N5O2/c1-15-7-8-26-13-18(24-21(26)9-15)23(30)27-11-16-10-17(12-27)20(14-25(2)3)28-19(16)5-4-6-22(28)29/h7-9,13,16-17,19-20H,4-6,10-12,14H2,1-3H3/t16-,17+,19+,20+/m1/s1. The number of aromatic nitrogens is 2. The first kappa shape index (κ1) is 19.5. The normalized spacial score (nSPS) is 28.9. The number of amides is 2. The van der Waals surface area contributed by atoms with E-state index >= 15 is 0 Å². The third kappa shape index (κ3) is 3.29. The average molecular weight is 410 g/mol. The van der Waals surface area contributed by atoms with Crippen LogP contribution >= 0.6 is 0 Å². The zero-order valence-corrected chi connectivity index (χ0v) is 18.1. The minimum Gasteiger partial charge on any atom is -0.337 e. The first-order valence-electron chi connectivity index (χ1n) is 11.1. The lowest BCUT2D eigenvalue weighted by Gasteiger charge is -2.57. The zero-order chi connectivity index (χ0) is 21.0. The van der Waals surface area contributed by atoms with Gasteiger partial charge in [0.2, 0.25) is 5.91 Å². The molecule has 2 bridgehead atoms. The first-order valence-corrected chi connectivity index (χ1v) is 11.1. The molecule has 4 atom stereocenters. The zero-order valence-electron chi connectivity index (χ0n) is 18.1. The minimum atomic E-state index is 0.0187. The number of likely N-dealkylation sites (N-methyl/N-ethyl adjacent to an activating group) is 1. The Morgan fingerprint density at radius 2 is 2.07 bits per heavy atom. The third-order valence-electron chi connectivity index (χ3n) is 7.17. The number of pyridine rings is 1. The lowest BCUT2D eigenvalue weighted by atomic mass is 9.72. The Bertz CT molecular complexity index is 983. The van der Waals surface area contributed by atoms with Crippen LogP contribution in [0.1, 0.15) is 41.7 Å². The van der Waals surface area contributed by atoms with Gasteiger partial charge in [0.15, 0.2) is 0 Å². The van der Waals surface area contributed by atoms with E-state index in [2.05, 4.69) is 28.9 Å². The van der Waals surface area contributed by atoms with Crippen LogP contribution < -0.4 is 0 Å². The van der Waals surface area contributed by atoms with Crippen molar-refractivity contribution in [3.63, 3.8) is 0 Å². The van der Waals surface area contributed by atoms with Gasteiger partial charge in [0.25, 0.3) is 5.91 Å². The lowest BCUT2D eigenvalue weighted by Crippen LogP contribution is -2.67. The van der Waals surface area contributed by atoms with Crippen LogP contribution in [0.4, 0.5) is 0 Å². The van der Waals surface area contributed by atoms with Crippen LogP contribution in [0.3, 0.4) is 0 Å². The Morgan fingerprint density at radius 3 is 2.87 bits per heavy atom. The van der Waals surface area contributed by atoms with Crippen molar-refractivity contribution in [3.05, 3.63) is 35.8 Å². The fraction of sp³-hybridized carbons (Fsp3) is 0.609. The quantitative estimate of drug-likeness (QED) is 0.779. The molecule has 3 saturated heterocycles.